The number of carbonyl (C=O) groups excluding carboxylic acids is 1. The molecule has 5 heteroatoms. The van der Waals surface area contributed by atoms with Crippen LogP contribution in [0, 0.1) is 0 Å². The molecule has 1 saturated carbocycles. The Morgan fingerprint density at radius 3 is 2.78 bits per heavy atom. The average Bonchev–Trinajstić information content (AvgIpc) is 2.93. The molecule has 0 atom stereocenters. The van der Waals surface area contributed by atoms with E-state index < -0.39 is 5.60 Å². The summed E-state index contributed by atoms with van der Waals surface area (Å²) in [7, 11) is 1.76. The number of hydrogen-bond donors (Lipinski definition) is 2. The molecule has 1 amide bonds. The van der Waals surface area contributed by atoms with Gasteiger partial charge in [-0.3, -0.25) is 9.48 Å². The highest BCUT2D eigenvalue weighted by Gasteiger charge is 2.31. The van der Waals surface area contributed by atoms with E-state index in [-0.39, 0.29) is 5.91 Å². The lowest BCUT2D eigenvalue weighted by atomic mass is 10.0. The number of carbonyl (C=O) groups is 1. The molecule has 1 fully saturated rings. The molecule has 1 aliphatic carbocycles. The van der Waals surface area contributed by atoms with Crippen LogP contribution in [0.2, 0.25) is 0 Å². The molecule has 0 saturated heterocycles. The normalized spacial score (nSPS) is 17.9. The lowest BCUT2D eigenvalue weighted by Crippen LogP contribution is -2.41. The van der Waals surface area contributed by atoms with Crippen LogP contribution in [-0.2, 0) is 13.5 Å². The van der Waals surface area contributed by atoms with Crippen molar-refractivity contribution in [3.05, 3.63) is 17.5 Å². The summed E-state index contributed by atoms with van der Waals surface area (Å²) >= 11 is 0. The monoisotopic (exact) mass is 251 g/mol. The molecule has 0 aromatic carbocycles. The van der Waals surface area contributed by atoms with Crippen LogP contribution < -0.4 is 5.32 Å². The van der Waals surface area contributed by atoms with Crippen molar-refractivity contribution < 1.29 is 9.90 Å². The highest BCUT2D eigenvalue weighted by Crippen LogP contribution is 2.28. The Morgan fingerprint density at radius 1 is 1.56 bits per heavy atom. The van der Waals surface area contributed by atoms with E-state index in [2.05, 4.69) is 10.4 Å². The minimum Gasteiger partial charge on any atom is -0.388 e. The number of hydrogen-bond acceptors (Lipinski definition) is 3. The molecule has 5 nitrogen and oxygen atoms in total. The number of nitrogens with zero attached hydrogens (tertiary/aromatic N) is 2. The molecule has 0 unspecified atom stereocenters. The summed E-state index contributed by atoms with van der Waals surface area (Å²) in [6, 6.07) is 1.80. The third-order valence-electron chi connectivity index (χ3n) is 3.64. The second-order valence-corrected chi connectivity index (χ2v) is 5.11. The van der Waals surface area contributed by atoms with E-state index in [9.17, 15) is 9.90 Å². The van der Waals surface area contributed by atoms with Gasteiger partial charge in [0.1, 0.15) is 5.69 Å². The van der Waals surface area contributed by atoms with Gasteiger partial charge in [0.2, 0.25) is 0 Å². The second kappa shape index (κ2) is 5.10. The Morgan fingerprint density at radius 2 is 2.22 bits per heavy atom. The first-order chi connectivity index (χ1) is 8.54. The van der Waals surface area contributed by atoms with E-state index in [0.29, 0.717) is 12.2 Å². The summed E-state index contributed by atoms with van der Waals surface area (Å²) in [4.78, 5) is 12.0. The van der Waals surface area contributed by atoms with Crippen molar-refractivity contribution in [1.29, 1.82) is 0 Å². The van der Waals surface area contributed by atoms with Gasteiger partial charge >= 0.3 is 0 Å². The Kier molecular flexibility index (Phi) is 3.71. The first kappa shape index (κ1) is 13.1. The molecular weight excluding hydrogens is 230 g/mol. The summed E-state index contributed by atoms with van der Waals surface area (Å²) in [5, 5.41) is 17.2. The SMILES string of the molecule is CCc1cc(C(=O)NCC2(O)CCCC2)n(C)n1. The largest absolute Gasteiger partial charge is 0.388 e. The van der Waals surface area contributed by atoms with Crippen LogP contribution in [-0.4, -0.2) is 32.9 Å². The lowest BCUT2D eigenvalue weighted by Gasteiger charge is -2.22. The van der Waals surface area contributed by atoms with Gasteiger partial charge in [-0.25, -0.2) is 0 Å². The maximum Gasteiger partial charge on any atom is 0.269 e. The maximum absolute atomic E-state index is 12.0. The van der Waals surface area contributed by atoms with Crippen LogP contribution in [0.15, 0.2) is 6.07 Å². The van der Waals surface area contributed by atoms with Crippen molar-refractivity contribution in [3.63, 3.8) is 0 Å². The Bertz CT molecular complexity index is 433. The molecule has 1 heterocycles. The van der Waals surface area contributed by atoms with Crippen LogP contribution in [0.3, 0.4) is 0 Å². The molecule has 2 N–H and O–H groups in total. The van der Waals surface area contributed by atoms with Crippen molar-refractivity contribution in [2.45, 2.75) is 44.6 Å². The van der Waals surface area contributed by atoms with Crippen molar-refractivity contribution in [3.8, 4) is 0 Å². The number of rotatable bonds is 4. The smallest absolute Gasteiger partial charge is 0.269 e. The molecule has 0 aliphatic heterocycles. The number of amides is 1. The fraction of sp³-hybridized carbons (Fsp3) is 0.692. The molecule has 1 aromatic heterocycles. The van der Waals surface area contributed by atoms with Crippen LogP contribution in [0.5, 0.6) is 0 Å². The van der Waals surface area contributed by atoms with Crippen molar-refractivity contribution in [2.24, 2.45) is 7.05 Å². The molecule has 2 rings (SSSR count). The average molecular weight is 251 g/mol. The van der Waals surface area contributed by atoms with Gasteiger partial charge in [0.25, 0.3) is 5.91 Å². The van der Waals surface area contributed by atoms with E-state index in [1.165, 1.54) is 0 Å². The van der Waals surface area contributed by atoms with Crippen LogP contribution in [0.25, 0.3) is 0 Å². The number of aliphatic hydroxyl groups is 1. The van der Waals surface area contributed by atoms with E-state index in [1.54, 1.807) is 17.8 Å². The van der Waals surface area contributed by atoms with Gasteiger partial charge in [-0.05, 0) is 25.3 Å². The van der Waals surface area contributed by atoms with E-state index >= 15 is 0 Å². The van der Waals surface area contributed by atoms with Gasteiger partial charge in [0.15, 0.2) is 0 Å². The van der Waals surface area contributed by atoms with Crippen molar-refractivity contribution in [1.82, 2.24) is 15.1 Å². The topological polar surface area (TPSA) is 67.2 Å². The zero-order valence-electron chi connectivity index (χ0n) is 11.1. The Labute approximate surface area is 107 Å². The third-order valence-corrected chi connectivity index (χ3v) is 3.64. The molecule has 1 aliphatic rings. The highest BCUT2D eigenvalue weighted by atomic mass is 16.3. The molecule has 0 radical (unpaired) electrons. The van der Waals surface area contributed by atoms with Crippen LogP contribution in [0.4, 0.5) is 0 Å². The van der Waals surface area contributed by atoms with Crippen molar-refractivity contribution in [2.75, 3.05) is 6.54 Å². The molecule has 18 heavy (non-hydrogen) atoms. The number of aromatic nitrogens is 2. The van der Waals surface area contributed by atoms with E-state index in [0.717, 1.165) is 37.8 Å². The highest BCUT2D eigenvalue weighted by molar-refractivity contribution is 5.92. The molecule has 0 spiro atoms. The van der Waals surface area contributed by atoms with E-state index in [4.69, 9.17) is 0 Å². The second-order valence-electron chi connectivity index (χ2n) is 5.11. The third kappa shape index (κ3) is 2.72. The molecular formula is C13H21N3O2. The minimum absolute atomic E-state index is 0.162. The zero-order valence-corrected chi connectivity index (χ0v) is 11.1. The van der Waals surface area contributed by atoms with Crippen LogP contribution >= 0.6 is 0 Å². The van der Waals surface area contributed by atoms with Gasteiger partial charge in [-0.1, -0.05) is 19.8 Å². The lowest BCUT2D eigenvalue weighted by molar-refractivity contribution is 0.0447. The Hall–Kier alpha value is -1.36. The van der Waals surface area contributed by atoms with Gasteiger partial charge in [0, 0.05) is 13.6 Å². The summed E-state index contributed by atoms with van der Waals surface area (Å²) in [6.07, 6.45) is 4.44. The number of nitrogens with one attached hydrogen (secondary N) is 1. The van der Waals surface area contributed by atoms with Crippen molar-refractivity contribution >= 4 is 5.91 Å². The maximum atomic E-state index is 12.0. The molecule has 100 valence electrons. The van der Waals surface area contributed by atoms with Gasteiger partial charge in [-0.2, -0.15) is 5.10 Å². The first-order valence-electron chi connectivity index (χ1n) is 6.57. The first-order valence-corrected chi connectivity index (χ1v) is 6.57. The Balaban J connectivity index is 1.96. The van der Waals surface area contributed by atoms with Gasteiger partial charge < -0.3 is 10.4 Å². The van der Waals surface area contributed by atoms with Gasteiger partial charge in [-0.15, -0.1) is 0 Å². The fourth-order valence-corrected chi connectivity index (χ4v) is 2.46. The number of aryl methyl sites for hydroxylation is 2. The standard InChI is InChI=1S/C13H21N3O2/c1-3-10-8-11(16(2)15-10)12(17)14-9-13(18)6-4-5-7-13/h8,18H,3-7,9H2,1-2H3,(H,14,17). The minimum atomic E-state index is -0.707. The predicted molar refractivity (Wildman–Crippen MR) is 68.3 cm³/mol. The summed E-state index contributed by atoms with van der Waals surface area (Å²) in [6.45, 7) is 2.34. The fourth-order valence-electron chi connectivity index (χ4n) is 2.46. The summed E-state index contributed by atoms with van der Waals surface area (Å²) < 4.78 is 1.59. The zero-order chi connectivity index (χ0) is 13.2. The summed E-state index contributed by atoms with van der Waals surface area (Å²) in [5.74, 6) is -0.162. The summed E-state index contributed by atoms with van der Waals surface area (Å²) in [5.41, 5.74) is 0.748. The van der Waals surface area contributed by atoms with E-state index in [1.807, 2.05) is 6.92 Å². The molecule has 1 aromatic rings. The van der Waals surface area contributed by atoms with Crippen LogP contribution in [0.1, 0.15) is 48.8 Å². The predicted octanol–water partition coefficient (Wildman–Crippen LogP) is 1.02. The van der Waals surface area contributed by atoms with Gasteiger partial charge in [0.05, 0.1) is 11.3 Å². The molecule has 0 bridgehead atoms. The quantitative estimate of drug-likeness (QED) is 0.839.